The number of rotatable bonds is 2. The van der Waals surface area contributed by atoms with Crippen LogP contribution in [0.5, 0.6) is 0 Å². The van der Waals surface area contributed by atoms with Crippen LogP contribution in [0.4, 0.5) is 0 Å². The minimum atomic E-state index is 0.0463. The number of nitrogens with one attached hydrogen (secondary N) is 1. The SMILES string of the molecule is O=C(NN1CCCC1=O)C1CCCCC1. The molecule has 15 heavy (non-hydrogen) atoms. The number of hydrogen-bond acceptors (Lipinski definition) is 2. The van der Waals surface area contributed by atoms with Crippen LogP contribution in [0, 0.1) is 5.92 Å². The van der Waals surface area contributed by atoms with Gasteiger partial charge in [-0.05, 0) is 19.3 Å². The smallest absolute Gasteiger partial charge is 0.241 e. The van der Waals surface area contributed by atoms with E-state index in [0.29, 0.717) is 13.0 Å². The molecule has 0 aromatic rings. The zero-order valence-electron chi connectivity index (χ0n) is 9.00. The number of nitrogens with zero attached hydrogens (tertiary/aromatic N) is 1. The Morgan fingerprint density at radius 2 is 1.93 bits per heavy atom. The lowest BCUT2D eigenvalue weighted by Crippen LogP contribution is -2.45. The molecule has 4 heteroatoms. The van der Waals surface area contributed by atoms with Crippen molar-refractivity contribution in [3.63, 3.8) is 0 Å². The summed E-state index contributed by atoms with van der Waals surface area (Å²) in [4.78, 5) is 23.1. The van der Waals surface area contributed by atoms with Gasteiger partial charge in [0.15, 0.2) is 0 Å². The maximum Gasteiger partial charge on any atom is 0.241 e. The van der Waals surface area contributed by atoms with E-state index in [4.69, 9.17) is 0 Å². The molecule has 2 rings (SSSR count). The van der Waals surface area contributed by atoms with Crippen molar-refractivity contribution in [1.82, 2.24) is 10.4 Å². The molecule has 84 valence electrons. The molecule has 0 aromatic carbocycles. The molecule has 1 aliphatic heterocycles. The Hall–Kier alpha value is -1.06. The number of amides is 2. The average molecular weight is 210 g/mol. The Morgan fingerprint density at radius 3 is 2.53 bits per heavy atom. The Kier molecular flexibility index (Phi) is 3.23. The molecule has 0 radical (unpaired) electrons. The third-order valence-electron chi connectivity index (χ3n) is 3.29. The van der Waals surface area contributed by atoms with E-state index in [1.54, 1.807) is 0 Å². The minimum Gasteiger partial charge on any atom is -0.273 e. The zero-order chi connectivity index (χ0) is 10.7. The molecule has 0 bridgehead atoms. The molecule has 0 atom stereocenters. The largest absolute Gasteiger partial charge is 0.273 e. The molecule has 2 fully saturated rings. The van der Waals surface area contributed by atoms with Gasteiger partial charge in [0, 0.05) is 18.9 Å². The van der Waals surface area contributed by atoms with Gasteiger partial charge in [0.05, 0.1) is 0 Å². The summed E-state index contributed by atoms with van der Waals surface area (Å²) in [6.45, 7) is 0.678. The zero-order valence-corrected chi connectivity index (χ0v) is 9.00. The summed E-state index contributed by atoms with van der Waals surface area (Å²) in [6, 6.07) is 0. The van der Waals surface area contributed by atoms with Gasteiger partial charge >= 0.3 is 0 Å². The number of hydrazine groups is 1. The normalized spacial score (nSPS) is 23.2. The summed E-state index contributed by atoms with van der Waals surface area (Å²) in [5.41, 5.74) is 2.74. The van der Waals surface area contributed by atoms with Crippen LogP contribution in [-0.4, -0.2) is 23.4 Å². The second-order valence-corrected chi connectivity index (χ2v) is 4.46. The van der Waals surface area contributed by atoms with E-state index in [0.717, 1.165) is 32.1 Å². The topological polar surface area (TPSA) is 49.4 Å². The molecule has 1 saturated heterocycles. The van der Waals surface area contributed by atoms with Gasteiger partial charge in [-0.25, -0.2) is 0 Å². The standard InChI is InChI=1S/C11H18N2O2/c14-10-7-4-8-13(10)12-11(15)9-5-2-1-3-6-9/h9H,1-8H2,(H,12,15). The van der Waals surface area contributed by atoms with Crippen LogP contribution >= 0.6 is 0 Å². The summed E-state index contributed by atoms with van der Waals surface area (Å²) in [7, 11) is 0. The van der Waals surface area contributed by atoms with Crippen LogP contribution in [-0.2, 0) is 9.59 Å². The predicted molar refractivity (Wildman–Crippen MR) is 55.7 cm³/mol. The predicted octanol–water partition coefficient (Wildman–Crippen LogP) is 1.22. The lowest BCUT2D eigenvalue weighted by molar-refractivity contribution is -0.140. The van der Waals surface area contributed by atoms with E-state index in [-0.39, 0.29) is 17.7 Å². The third-order valence-corrected chi connectivity index (χ3v) is 3.29. The number of carbonyl (C=O) groups excluding carboxylic acids is 2. The molecule has 2 aliphatic rings. The van der Waals surface area contributed by atoms with Gasteiger partial charge < -0.3 is 0 Å². The van der Waals surface area contributed by atoms with E-state index < -0.39 is 0 Å². The van der Waals surface area contributed by atoms with Crippen molar-refractivity contribution in [2.24, 2.45) is 5.92 Å². The van der Waals surface area contributed by atoms with E-state index in [2.05, 4.69) is 5.43 Å². The highest BCUT2D eigenvalue weighted by molar-refractivity contribution is 5.84. The maximum atomic E-state index is 11.8. The van der Waals surface area contributed by atoms with Crippen molar-refractivity contribution in [2.45, 2.75) is 44.9 Å². The second kappa shape index (κ2) is 4.64. The van der Waals surface area contributed by atoms with Crippen molar-refractivity contribution < 1.29 is 9.59 Å². The fourth-order valence-corrected chi connectivity index (χ4v) is 2.36. The fraction of sp³-hybridized carbons (Fsp3) is 0.818. The molecule has 2 amide bonds. The van der Waals surface area contributed by atoms with Crippen molar-refractivity contribution in [2.75, 3.05) is 6.54 Å². The summed E-state index contributed by atoms with van der Waals surface area (Å²) in [5, 5.41) is 1.48. The second-order valence-electron chi connectivity index (χ2n) is 4.46. The number of hydrogen-bond donors (Lipinski definition) is 1. The first-order valence-corrected chi connectivity index (χ1v) is 5.88. The fourth-order valence-electron chi connectivity index (χ4n) is 2.36. The van der Waals surface area contributed by atoms with E-state index in [1.165, 1.54) is 11.4 Å². The third kappa shape index (κ3) is 2.49. The van der Waals surface area contributed by atoms with Crippen LogP contribution in [0.2, 0.25) is 0 Å². The first-order valence-electron chi connectivity index (χ1n) is 5.88. The summed E-state index contributed by atoms with van der Waals surface area (Å²) in [5.74, 6) is 0.233. The number of carbonyl (C=O) groups is 2. The van der Waals surface area contributed by atoms with E-state index in [9.17, 15) is 9.59 Å². The molecule has 1 N–H and O–H groups in total. The van der Waals surface area contributed by atoms with Gasteiger partial charge in [0.25, 0.3) is 0 Å². The molecule has 1 saturated carbocycles. The average Bonchev–Trinajstić information content (AvgIpc) is 2.66. The first-order chi connectivity index (χ1) is 7.27. The quantitative estimate of drug-likeness (QED) is 0.745. The highest BCUT2D eigenvalue weighted by Crippen LogP contribution is 2.23. The lowest BCUT2D eigenvalue weighted by Gasteiger charge is -2.24. The first kappa shape index (κ1) is 10.5. The van der Waals surface area contributed by atoms with Gasteiger partial charge in [0.2, 0.25) is 11.8 Å². The monoisotopic (exact) mass is 210 g/mol. The van der Waals surface area contributed by atoms with Crippen LogP contribution in [0.3, 0.4) is 0 Å². The molecular formula is C11H18N2O2. The molecule has 1 heterocycles. The van der Waals surface area contributed by atoms with Crippen LogP contribution < -0.4 is 5.43 Å². The molecular weight excluding hydrogens is 192 g/mol. The van der Waals surface area contributed by atoms with E-state index in [1.807, 2.05) is 0 Å². The van der Waals surface area contributed by atoms with Crippen LogP contribution in [0.25, 0.3) is 0 Å². The lowest BCUT2D eigenvalue weighted by atomic mass is 9.89. The Labute approximate surface area is 90.0 Å². The molecule has 0 spiro atoms. The van der Waals surface area contributed by atoms with E-state index >= 15 is 0 Å². The van der Waals surface area contributed by atoms with Crippen molar-refractivity contribution in [1.29, 1.82) is 0 Å². The maximum absolute atomic E-state index is 11.8. The Morgan fingerprint density at radius 1 is 1.20 bits per heavy atom. The van der Waals surface area contributed by atoms with Gasteiger partial charge in [0.1, 0.15) is 0 Å². The highest BCUT2D eigenvalue weighted by atomic mass is 16.2. The van der Waals surface area contributed by atoms with Gasteiger partial charge in [-0.15, -0.1) is 0 Å². The van der Waals surface area contributed by atoms with Crippen LogP contribution in [0.15, 0.2) is 0 Å². The van der Waals surface area contributed by atoms with Crippen LogP contribution in [0.1, 0.15) is 44.9 Å². The highest BCUT2D eigenvalue weighted by Gasteiger charge is 2.26. The molecule has 0 unspecified atom stereocenters. The molecule has 4 nitrogen and oxygen atoms in total. The Bertz CT molecular complexity index is 259. The van der Waals surface area contributed by atoms with Crippen molar-refractivity contribution in [3.05, 3.63) is 0 Å². The summed E-state index contributed by atoms with van der Waals surface area (Å²) < 4.78 is 0. The summed E-state index contributed by atoms with van der Waals surface area (Å²) >= 11 is 0. The minimum absolute atomic E-state index is 0.0463. The van der Waals surface area contributed by atoms with Gasteiger partial charge in [-0.2, -0.15) is 0 Å². The Balaban J connectivity index is 1.82. The molecule has 1 aliphatic carbocycles. The molecule has 0 aromatic heterocycles. The van der Waals surface area contributed by atoms with Crippen molar-refractivity contribution >= 4 is 11.8 Å². The van der Waals surface area contributed by atoms with Gasteiger partial charge in [-0.1, -0.05) is 19.3 Å². The van der Waals surface area contributed by atoms with Gasteiger partial charge in [-0.3, -0.25) is 20.0 Å². The summed E-state index contributed by atoms with van der Waals surface area (Å²) in [6.07, 6.45) is 6.93. The van der Waals surface area contributed by atoms with Crippen molar-refractivity contribution in [3.8, 4) is 0 Å².